The van der Waals surface area contributed by atoms with Crippen molar-refractivity contribution in [3.05, 3.63) is 59.9 Å². The van der Waals surface area contributed by atoms with Crippen molar-refractivity contribution in [3.63, 3.8) is 0 Å². The number of anilines is 1. The largest absolute Gasteiger partial charge is 0.336 e. The first-order valence-electron chi connectivity index (χ1n) is 12.1. The predicted octanol–water partition coefficient (Wildman–Crippen LogP) is 5.24. The Labute approximate surface area is 219 Å². The Morgan fingerprint density at radius 3 is 2.68 bits per heavy atom. The minimum atomic E-state index is 0.0204. The lowest BCUT2D eigenvalue weighted by Gasteiger charge is -2.06. The summed E-state index contributed by atoms with van der Waals surface area (Å²) in [6.45, 7) is 1.55. The van der Waals surface area contributed by atoms with E-state index in [0.717, 1.165) is 34.3 Å². The number of nitrogens with one attached hydrogen (secondary N) is 3. The molecule has 0 spiro atoms. The monoisotopic (exact) mass is 520 g/mol. The number of aromatic amines is 2. The highest BCUT2D eigenvalue weighted by molar-refractivity contribution is 7.17. The molecular weight excluding hydrogens is 500 g/mol. The van der Waals surface area contributed by atoms with Gasteiger partial charge in [-0.25, -0.2) is 9.97 Å². The van der Waals surface area contributed by atoms with Gasteiger partial charge in [0.1, 0.15) is 16.7 Å². The standard InChI is InChI=1S/C27H20N8O2S/c1-13(36)20-6-7-21(38-20)24-22-18(8-9-29-24)32-26(33-22)25-23-19(34-35-25)5-4-17(31-23)15-10-16(12-28-11-15)30-27(37)14-2-3-14/h4-12,14H,2-3H2,1H3,(H,30,37)(H,32,33)(H,34,35). The van der Waals surface area contributed by atoms with E-state index in [4.69, 9.17) is 9.97 Å². The van der Waals surface area contributed by atoms with Crippen molar-refractivity contribution < 1.29 is 9.59 Å². The zero-order valence-electron chi connectivity index (χ0n) is 20.1. The molecular formula is C27H20N8O2S. The number of rotatable bonds is 6. The topological polar surface area (TPSA) is 142 Å². The molecule has 38 heavy (non-hydrogen) atoms. The summed E-state index contributed by atoms with van der Waals surface area (Å²) in [5.41, 5.74) is 6.31. The Morgan fingerprint density at radius 2 is 1.87 bits per heavy atom. The van der Waals surface area contributed by atoms with Crippen molar-refractivity contribution in [3.8, 4) is 33.3 Å². The average Bonchev–Trinajstić information content (AvgIpc) is 3.32. The van der Waals surface area contributed by atoms with Crippen molar-refractivity contribution in [2.75, 3.05) is 5.32 Å². The molecule has 10 nitrogen and oxygen atoms in total. The SMILES string of the molecule is CC(=O)c1ccc(-c2nccc3[nH]c(-c4n[nH]c5ccc(-c6cncc(NC(=O)C7CC7)c6)nc45)nc23)s1. The lowest BCUT2D eigenvalue weighted by molar-refractivity contribution is -0.117. The molecule has 0 aliphatic heterocycles. The lowest BCUT2D eigenvalue weighted by atomic mass is 10.1. The molecule has 7 rings (SSSR count). The minimum Gasteiger partial charge on any atom is -0.336 e. The molecule has 0 unspecified atom stereocenters. The van der Waals surface area contributed by atoms with Crippen LogP contribution in [-0.2, 0) is 4.79 Å². The smallest absolute Gasteiger partial charge is 0.227 e. The predicted molar refractivity (Wildman–Crippen MR) is 145 cm³/mol. The number of aromatic nitrogens is 7. The van der Waals surface area contributed by atoms with E-state index in [1.807, 2.05) is 36.4 Å². The van der Waals surface area contributed by atoms with E-state index >= 15 is 0 Å². The Morgan fingerprint density at radius 1 is 1.00 bits per heavy atom. The van der Waals surface area contributed by atoms with Gasteiger partial charge in [0, 0.05) is 23.9 Å². The number of fused-ring (bicyclic) bond motifs is 2. The van der Waals surface area contributed by atoms with Gasteiger partial charge in [0.2, 0.25) is 5.91 Å². The first kappa shape index (κ1) is 22.4. The quantitative estimate of drug-likeness (QED) is 0.255. The number of pyridine rings is 3. The molecule has 11 heteroatoms. The van der Waals surface area contributed by atoms with E-state index in [9.17, 15) is 9.59 Å². The molecule has 1 aliphatic carbocycles. The maximum Gasteiger partial charge on any atom is 0.227 e. The van der Waals surface area contributed by atoms with Crippen molar-refractivity contribution >= 4 is 50.8 Å². The zero-order valence-corrected chi connectivity index (χ0v) is 21.0. The number of thiophene rings is 1. The van der Waals surface area contributed by atoms with Gasteiger partial charge in [0.05, 0.1) is 38.4 Å². The van der Waals surface area contributed by atoms with Crippen molar-refractivity contribution in [1.29, 1.82) is 0 Å². The van der Waals surface area contributed by atoms with Crippen LogP contribution in [0.5, 0.6) is 0 Å². The average molecular weight is 521 g/mol. The van der Waals surface area contributed by atoms with Crippen LogP contribution in [0.15, 0.2) is 55.0 Å². The van der Waals surface area contributed by atoms with Crippen LogP contribution in [0.3, 0.4) is 0 Å². The van der Waals surface area contributed by atoms with Crippen LogP contribution in [-0.4, -0.2) is 46.8 Å². The van der Waals surface area contributed by atoms with Crippen molar-refractivity contribution in [1.82, 2.24) is 35.1 Å². The number of ketones is 1. The summed E-state index contributed by atoms with van der Waals surface area (Å²) in [6.07, 6.45) is 6.95. The normalized spacial score (nSPS) is 13.3. The maximum absolute atomic E-state index is 12.2. The summed E-state index contributed by atoms with van der Waals surface area (Å²) < 4.78 is 0. The van der Waals surface area contributed by atoms with Crippen LogP contribution in [0.1, 0.15) is 29.4 Å². The molecule has 6 heterocycles. The molecule has 3 N–H and O–H groups in total. The molecule has 6 aromatic rings. The molecule has 0 bridgehead atoms. The van der Waals surface area contributed by atoms with E-state index in [0.29, 0.717) is 44.5 Å². The van der Waals surface area contributed by atoms with Gasteiger partial charge in [-0.2, -0.15) is 5.10 Å². The zero-order chi connectivity index (χ0) is 25.8. The van der Waals surface area contributed by atoms with Crippen LogP contribution in [0.4, 0.5) is 5.69 Å². The Kier molecular flexibility index (Phi) is 5.11. The first-order chi connectivity index (χ1) is 18.5. The van der Waals surface area contributed by atoms with Crippen molar-refractivity contribution in [2.45, 2.75) is 19.8 Å². The molecule has 186 valence electrons. The molecule has 0 saturated heterocycles. The first-order valence-corrected chi connectivity index (χ1v) is 12.9. The summed E-state index contributed by atoms with van der Waals surface area (Å²) >= 11 is 1.40. The highest BCUT2D eigenvalue weighted by Gasteiger charge is 2.29. The van der Waals surface area contributed by atoms with Crippen LogP contribution < -0.4 is 5.32 Å². The third-order valence-corrected chi connectivity index (χ3v) is 7.66. The third kappa shape index (κ3) is 3.93. The molecule has 6 aromatic heterocycles. The fraction of sp³-hybridized carbons (Fsp3) is 0.148. The van der Waals surface area contributed by atoms with Gasteiger partial charge in [-0.1, -0.05) is 0 Å². The summed E-state index contributed by atoms with van der Waals surface area (Å²) in [4.78, 5) is 47.4. The van der Waals surface area contributed by atoms with E-state index in [1.54, 1.807) is 25.5 Å². The van der Waals surface area contributed by atoms with Gasteiger partial charge in [0.15, 0.2) is 17.3 Å². The number of carbonyl (C=O) groups excluding carboxylic acids is 2. The van der Waals surface area contributed by atoms with Crippen molar-refractivity contribution in [2.24, 2.45) is 5.92 Å². The van der Waals surface area contributed by atoms with E-state index in [2.05, 4.69) is 30.5 Å². The van der Waals surface area contributed by atoms with Crippen LogP contribution in [0.25, 0.3) is 55.4 Å². The maximum atomic E-state index is 12.2. The molecule has 0 aromatic carbocycles. The van der Waals surface area contributed by atoms with Gasteiger partial charge in [0.25, 0.3) is 0 Å². The molecule has 1 amide bonds. The summed E-state index contributed by atoms with van der Waals surface area (Å²) in [7, 11) is 0. The number of hydrogen-bond donors (Lipinski definition) is 3. The highest BCUT2D eigenvalue weighted by atomic mass is 32.1. The Balaban J connectivity index is 1.27. The summed E-state index contributed by atoms with van der Waals surface area (Å²) in [5, 5.41) is 10.5. The number of amides is 1. The Hall–Kier alpha value is -4.77. The summed E-state index contributed by atoms with van der Waals surface area (Å²) in [6, 6.07) is 11.2. The Bertz CT molecular complexity index is 1880. The number of hydrogen-bond acceptors (Lipinski definition) is 8. The number of nitrogens with zero attached hydrogens (tertiary/aromatic N) is 5. The number of Topliss-reactive ketones (excluding diaryl/α,β-unsaturated/α-hetero) is 1. The van der Waals surface area contributed by atoms with Gasteiger partial charge >= 0.3 is 0 Å². The van der Waals surface area contributed by atoms with E-state index < -0.39 is 0 Å². The number of imidazole rings is 1. The van der Waals surface area contributed by atoms with Gasteiger partial charge < -0.3 is 10.3 Å². The second-order valence-corrected chi connectivity index (χ2v) is 10.3. The fourth-order valence-corrected chi connectivity index (χ4v) is 5.24. The van der Waals surface area contributed by atoms with Gasteiger partial charge in [-0.05, 0) is 56.2 Å². The lowest BCUT2D eigenvalue weighted by Crippen LogP contribution is -2.13. The summed E-state index contributed by atoms with van der Waals surface area (Å²) in [5.74, 6) is 0.713. The van der Waals surface area contributed by atoms with Gasteiger partial charge in [-0.15, -0.1) is 11.3 Å². The minimum absolute atomic E-state index is 0.0204. The van der Waals surface area contributed by atoms with Gasteiger partial charge in [-0.3, -0.25) is 24.7 Å². The molecule has 0 atom stereocenters. The third-order valence-electron chi connectivity index (χ3n) is 6.47. The van der Waals surface area contributed by atoms with Crippen LogP contribution in [0.2, 0.25) is 0 Å². The van der Waals surface area contributed by atoms with E-state index in [1.165, 1.54) is 11.3 Å². The number of H-pyrrole nitrogens is 2. The molecule has 1 fully saturated rings. The fourth-order valence-electron chi connectivity index (χ4n) is 4.35. The highest BCUT2D eigenvalue weighted by Crippen LogP contribution is 2.34. The van der Waals surface area contributed by atoms with E-state index in [-0.39, 0.29) is 17.6 Å². The van der Waals surface area contributed by atoms with Crippen LogP contribution in [0, 0.1) is 5.92 Å². The second kappa shape index (κ2) is 8.67. The molecule has 0 radical (unpaired) electrons. The molecule has 1 aliphatic rings. The van der Waals surface area contributed by atoms with Crippen LogP contribution >= 0.6 is 11.3 Å². The number of carbonyl (C=O) groups is 2. The second-order valence-electron chi connectivity index (χ2n) is 9.25. The molecule has 1 saturated carbocycles.